The Bertz CT molecular complexity index is 121. The Morgan fingerprint density at radius 1 is 1.33 bits per heavy atom. The second-order valence-electron chi connectivity index (χ2n) is 3.34. The molecule has 0 amide bonds. The molecule has 0 aliphatic rings. The quantitative estimate of drug-likeness (QED) is 0.597. The summed E-state index contributed by atoms with van der Waals surface area (Å²) in [6, 6.07) is 0. The van der Waals surface area contributed by atoms with E-state index in [0.29, 0.717) is 0 Å². The molecule has 0 aromatic rings. The van der Waals surface area contributed by atoms with Crippen LogP contribution in [0.2, 0.25) is 0 Å². The van der Waals surface area contributed by atoms with Crippen LogP contribution in [0.25, 0.3) is 0 Å². The average molecular weight is 172 g/mol. The van der Waals surface area contributed by atoms with Gasteiger partial charge < -0.3 is 5.11 Å². The number of rotatable bonds is 7. The van der Waals surface area contributed by atoms with Crippen LogP contribution in [0, 0.1) is 5.92 Å². The highest BCUT2D eigenvalue weighted by Gasteiger charge is 2.11. The summed E-state index contributed by atoms with van der Waals surface area (Å²) in [5.74, 6) is 0.0101. The molecule has 0 bridgehead atoms. The summed E-state index contributed by atoms with van der Waals surface area (Å²) in [6.45, 7) is 3.73. The molecule has 0 aliphatic heterocycles. The molecule has 12 heavy (non-hydrogen) atoms. The van der Waals surface area contributed by atoms with E-state index in [4.69, 9.17) is 5.11 Å². The predicted molar refractivity (Wildman–Crippen MR) is 50.0 cm³/mol. The van der Waals surface area contributed by atoms with Gasteiger partial charge in [-0.05, 0) is 13.3 Å². The maximum atomic E-state index is 10.9. The van der Waals surface area contributed by atoms with Gasteiger partial charge in [-0.1, -0.05) is 32.6 Å². The second kappa shape index (κ2) is 7.29. The van der Waals surface area contributed by atoms with E-state index in [-0.39, 0.29) is 18.3 Å². The number of unbranched alkanes of at least 4 members (excludes halogenated alkanes) is 3. The van der Waals surface area contributed by atoms with Gasteiger partial charge in [-0.2, -0.15) is 0 Å². The van der Waals surface area contributed by atoms with Crippen LogP contribution in [0.15, 0.2) is 0 Å². The Morgan fingerprint density at radius 2 is 2.00 bits per heavy atom. The molecule has 2 nitrogen and oxygen atoms in total. The van der Waals surface area contributed by atoms with Crippen molar-refractivity contribution >= 4 is 5.78 Å². The number of aliphatic hydroxyl groups is 1. The van der Waals surface area contributed by atoms with Crippen molar-refractivity contribution in [2.24, 2.45) is 5.92 Å². The van der Waals surface area contributed by atoms with Crippen molar-refractivity contribution in [3.8, 4) is 0 Å². The van der Waals surface area contributed by atoms with Crippen LogP contribution in [-0.2, 0) is 4.79 Å². The second-order valence-corrected chi connectivity index (χ2v) is 3.34. The summed E-state index contributed by atoms with van der Waals surface area (Å²) < 4.78 is 0. The first-order chi connectivity index (χ1) is 5.72. The van der Waals surface area contributed by atoms with E-state index >= 15 is 0 Å². The number of carbonyl (C=O) groups excluding carboxylic acids is 1. The van der Waals surface area contributed by atoms with E-state index < -0.39 is 0 Å². The van der Waals surface area contributed by atoms with E-state index in [1.807, 2.05) is 0 Å². The normalized spacial score (nSPS) is 12.9. The fraction of sp³-hybridized carbons (Fsp3) is 0.900. The highest BCUT2D eigenvalue weighted by atomic mass is 16.3. The highest BCUT2D eigenvalue weighted by Crippen LogP contribution is 2.11. The lowest BCUT2D eigenvalue weighted by atomic mass is 9.98. The third-order valence-corrected chi connectivity index (χ3v) is 2.20. The van der Waals surface area contributed by atoms with Gasteiger partial charge >= 0.3 is 0 Å². The van der Waals surface area contributed by atoms with Gasteiger partial charge in [-0.3, -0.25) is 4.79 Å². The molecule has 72 valence electrons. The lowest BCUT2D eigenvalue weighted by Crippen LogP contribution is -2.14. The van der Waals surface area contributed by atoms with Gasteiger partial charge in [-0.25, -0.2) is 0 Å². The monoisotopic (exact) mass is 172 g/mol. The van der Waals surface area contributed by atoms with Crippen molar-refractivity contribution in [1.82, 2.24) is 0 Å². The molecule has 0 rings (SSSR count). The topological polar surface area (TPSA) is 37.3 Å². The molecule has 0 aromatic heterocycles. The third-order valence-electron chi connectivity index (χ3n) is 2.20. The summed E-state index contributed by atoms with van der Waals surface area (Å²) in [5.41, 5.74) is 0. The molecule has 1 unspecified atom stereocenters. The van der Waals surface area contributed by atoms with Gasteiger partial charge in [-0.15, -0.1) is 0 Å². The van der Waals surface area contributed by atoms with Crippen molar-refractivity contribution in [3.63, 3.8) is 0 Å². The zero-order chi connectivity index (χ0) is 9.40. The largest absolute Gasteiger partial charge is 0.396 e. The fourth-order valence-corrected chi connectivity index (χ4v) is 1.24. The summed E-state index contributed by atoms with van der Waals surface area (Å²) in [6.07, 6.45) is 5.55. The Hall–Kier alpha value is -0.370. The van der Waals surface area contributed by atoms with Crippen LogP contribution in [0.1, 0.15) is 46.0 Å². The average Bonchev–Trinajstić information content (AvgIpc) is 2.04. The van der Waals surface area contributed by atoms with Crippen LogP contribution >= 0.6 is 0 Å². The van der Waals surface area contributed by atoms with E-state index in [1.54, 1.807) is 6.92 Å². The Labute approximate surface area is 75.0 Å². The van der Waals surface area contributed by atoms with E-state index in [9.17, 15) is 4.79 Å². The summed E-state index contributed by atoms with van der Waals surface area (Å²) in [7, 11) is 0. The van der Waals surface area contributed by atoms with Crippen molar-refractivity contribution in [2.75, 3.05) is 6.61 Å². The molecule has 0 aromatic carbocycles. The molecule has 1 atom stereocenters. The smallest absolute Gasteiger partial charge is 0.135 e. The Morgan fingerprint density at radius 3 is 2.42 bits per heavy atom. The van der Waals surface area contributed by atoms with Crippen molar-refractivity contribution in [1.29, 1.82) is 0 Å². The van der Waals surface area contributed by atoms with Gasteiger partial charge in [0, 0.05) is 5.92 Å². The maximum absolute atomic E-state index is 10.9. The van der Waals surface area contributed by atoms with Gasteiger partial charge in [0.05, 0.1) is 6.61 Å². The molecule has 1 N–H and O–H groups in total. The van der Waals surface area contributed by atoms with Crippen molar-refractivity contribution in [2.45, 2.75) is 46.0 Å². The molecule has 0 aliphatic carbocycles. The minimum Gasteiger partial charge on any atom is -0.396 e. The van der Waals surface area contributed by atoms with Crippen LogP contribution in [-0.4, -0.2) is 17.5 Å². The molecule has 0 saturated heterocycles. The SMILES string of the molecule is CCCCCCC(CO)C(C)=O. The number of Topliss-reactive ketones (excluding diaryl/α,β-unsaturated/α-hetero) is 1. The Balaban J connectivity index is 3.38. The van der Waals surface area contributed by atoms with E-state index in [1.165, 1.54) is 19.3 Å². The minimum atomic E-state index is -0.109. The van der Waals surface area contributed by atoms with Crippen LogP contribution < -0.4 is 0 Å². The molecule has 0 radical (unpaired) electrons. The lowest BCUT2D eigenvalue weighted by Gasteiger charge is -2.08. The minimum absolute atomic E-state index is 0.0153. The van der Waals surface area contributed by atoms with Gasteiger partial charge in [0.1, 0.15) is 5.78 Å². The number of hydrogen-bond acceptors (Lipinski definition) is 2. The fourth-order valence-electron chi connectivity index (χ4n) is 1.24. The zero-order valence-corrected chi connectivity index (χ0v) is 8.18. The number of ketones is 1. The maximum Gasteiger partial charge on any atom is 0.135 e. The molecule has 0 spiro atoms. The highest BCUT2D eigenvalue weighted by molar-refractivity contribution is 5.78. The number of aliphatic hydroxyl groups excluding tert-OH is 1. The van der Waals surface area contributed by atoms with Crippen LogP contribution in [0.4, 0.5) is 0 Å². The molecule has 2 heteroatoms. The van der Waals surface area contributed by atoms with E-state index in [2.05, 4.69) is 6.92 Å². The summed E-state index contributed by atoms with van der Waals surface area (Å²) in [5, 5.41) is 8.83. The first-order valence-corrected chi connectivity index (χ1v) is 4.83. The molecular formula is C10H20O2. The van der Waals surface area contributed by atoms with Crippen molar-refractivity contribution < 1.29 is 9.90 Å². The molecule has 0 heterocycles. The van der Waals surface area contributed by atoms with Crippen molar-refractivity contribution in [3.05, 3.63) is 0 Å². The zero-order valence-electron chi connectivity index (χ0n) is 8.18. The lowest BCUT2D eigenvalue weighted by molar-refractivity contribution is -0.122. The standard InChI is InChI=1S/C10H20O2/c1-3-4-5-6-7-10(8-11)9(2)12/h10-11H,3-8H2,1-2H3. The first-order valence-electron chi connectivity index (χ1n) is 4.83. The molecule has 0 saturated carbocycles. The van der Waals surface area contributed by atoms with Gasteiger partial charge in [0.25, 0.3) is 0 Å². The van der Waals surface area contributed by atoms with Crippen LogP contribution in [0.5, 0.6) is 0 Å². The number of hydrogen-bond donors (Lipinski definition) is 1. The van der Waals surface area contributed by atoms with Gasteiger partial charge in [0.15, 0.2) is 0 Å². The molecule has 0 fully saturated rings. The van der Waals surface area contributed by atoms with Crippen LogP contribution in [0.3, 0.4) is 0 Å². The van der Waals surface area contributed by atoms with Gasteiger partial charge in [0.2, 0.25) is 0 Å². The Kier molecular flexibility index (Phi) is 7.06. The predicted octanol–water partition coefficient (Wildman–Crippen LogP) is 2.15. The van der Waals surface area contributed by atoms with E-state index in [0.717, 1.165) is 12.8 Å². The third kappa shape index (κ3) is 5.30. The summed E-state index contributed by atoms with van der Waals surface area (Å²) in [4.78, 5) is 10.9. The summed E-state index contributed by atoms with van der Waals surface area (Å²) >= 11 is 0. The number of carbonyl (C=O) groups is 1. The first kappa shape index (κ1) is 11.6. The molecular weight excluding hydrogens is 152 g/mol.